The third kappa shape index (κ3) is 3.66. The van der Waals surface area contributed by atoms with Crippen LogP contribution in [0, 0.1) is 0 Å². The molecule has 28 heavy (non-hydrogen) atoms. The molecular weight excluding hydrogens is 372 g/mol. The largest absolute Gasteiger partial charge is 0.491 e. The van der Waals surface area contributed by atoms with Gasteiger partial charge in [0.15, 0.2) is 0 Å². The summed E-state index contributed by atoms with van der Waals surface area (Å²) in [4.78, 5) is 3.66. The smallest absolute Gasteiger partial charge is 0.243 e. The van der Waals surface area contributed by atoms with Gasteiger partial charge in [-0.2, -0.15) is 4.31 Å². The second kappa shape index (κ2) is 7.60. The molecule has 0 spiro atoms. The molecule has 2 aromatic carbocycles. The molecule has 0 saturated carbocycles. The number of rotatable bonds is 5. The number of nitrogens with zero attached hydrogens (tertiary/aromatic N) is 1. The number of sulfonamides is 1. The normalized spacial score (nSPS) is 16.7. The van der Waals surface area contributed by atoms with Crippen molar-refractivity contribution in [2.75, 3.05) is 13.1 Å². The van der Waals surface area contributed by atoms with E-state index >= 15 is 0 Å². The van der Waals surface area contributed by atoms with Gasteiger partial charge >= 0.3 is 0 Å². The SMILES string of the molecule is CC(C)Oc1ccc(S(=O)(=O)N2CCC(c3c[nH]c4ccccc34)CC2)cc1. The first kappa shape index (κ1) is 19.0. The second-order valence-corrected chi connectivity index (χ2v) is 9.54. The quantitative estimate of drug-likeness (QED) is 0.687. The molecule has 1 N–H and O–H groups in total. The Balaban J connectivity index is 1.46. The standard InChI is InChI=1S/C22H26N2O3S/c1-16(2)27-18-7-9-19(10-8-18)28(25,26)24-13-11-17(12-14-24)21-15-23-22-6-4-3-5-20(21)22/h3-10,15-17,23H,11-14H2,1-2H3. The summed E-state index contributed by atoms with van der Waals surface area (Å²) >= 11 is 0. The van der Waals surface area contributed by atoms with E-state index in [2.05, 4.69) is 23.3 Å². The highest BCUT2D eigenvalue weighted by Crippen LogP contribution is 2.34. The Kier molecular flexibility index (Phi) is 5.17. The third-order valence-electron chi connectivity index (χ3n) is 5.35. The van der Waals surface area contributed by atoms with E-state index in [0.717, 1.165) is 18.4 Å². The van der Waals surface area contributed by atoms with Gasteiger partial charge in [-0.05, 0) is 68.5 Å². The Bertz CT molecular complexity index is 1050. The Labute approximate surface area is 166 Å². The Morgan fingerprint density at radius 2 is 1.71 bits per heavy atom. The lowest BCUT2D eigenvalue weighted by Gasteiger charge is -2.31. The van der Waals surface area contributed by atoms with Crippen LogP contribution >= 0.6 is 0 Å². The zero-order chi connectivity index (χ0) is 19.7. The first-order chi connectivity index (χ1) is 13.4. The van der Waals surface area contributed by atoms with Crippen LogP contribution in [0.2, 0.25) is 0 Å². The van der Waals surface area contributed by atoms with Gasteiger partial charge in [0.25, 0.3) is 0 Å². The van der Waals surface area contributed by atoms with Crippen molar-refractivity contribution in [3.8, 4) is 5.75 Å². The molecule has 4 rings (SSSR count). The summed E-state index contributed by atoms with van der Waals surface area (Å²) in [6, 6.07) is 15.0. The van der Waals surface area contributed by atoms with Crippen LogP contribution in [0.4, 0.5) is 0 Å². The molecule has 1 saturated heterocycles. The van der Waals surface area contributed by atoms with Gasteiger partial charge in [-0.3, -0.25) is 0 Å². The molecule has 0 bridgehead atoms. The minimum atomic E-state index is -3.47. The molecule has 148 valence electrons. The summed E-state index contributed by atoms with van der Waals surface area (Å²) in [6.07, 6.45) is 3.80. The fourth-order valence-corrected chi connectivity index (χ4v) is 5.42. The number of aromatic nitrogens is 1. The summed E-state index contributed by atoms with van der Waals surface area (Å²) in [7, 11) is -3.47. The van der Waals surface area contributed by atoms with Crippen LogP contribution in [-0.2, 0) is 10.0 Å². The van der Waals surface area contributed by atoms with E-state index in [1.807, 2.05) is 26.0 Å². The van der Waals surface area contributed by atoms with Crippen LogP contribution < -0.4 is 4.74 Å². The van der Waals surface area contributed by atoms with Crippen molar-refractivity contribution in [1.82, 2.24) is 9.29 Å². The second-order valence-electron chi connectivity index (χ2n) is 7.61. The van der Waals surface area contributed by atoms with E-state index in [4.69, 9.17) is 4.74 Å². The van der Waals surface area contributed by atoms with Crippen LogP contribution in [-0.4, -0.2) is 36.9 Å². The van der Waals surface area contributed by atoms with Crippen LogP contribution in [0.1, 0.15) is 38.2 Å². The van der Waals surface area contributed by atoms with Crippen molar-refractivity contribution in [1.29, 1.82) is 0 Å². The highest BCUT2D eigenvalue weighted by Gasteiger charge is 2.30. The van der Waals surface area contributed by atoms with Crippen molar-refractivity contribution >= 4 is 20.9 Å². The van der Waals surface area contributed by atoms with Gasteiger partial charge in [-0.15, -0.1) is 0 Å². The van der Waals surface area contributed by atoms with Crippen molar-refractivity contribution in [2.45, 2.75) is 43.6 Å². The maximum absolute atomic E-state index is 13.0. The highest BCUT2D eigenvalue weighted by molar-refractivity contribution is 7.89. The molecule has 1 fully saturated rings. The number of fused-ring (bicyclic) bond motifs is 1. The summed E-state index contributed by atoms with van der Waals surface area (Å²) in [5.74, 6) is 1.07. The number of hydrogen-bond donors (Lipinski definition) is 1. The predicted molar refractivity (Wildman–Crippen MR) is 111 cm³/mol. The molecule has 2 heterocycles. The van der Waals surface area contributed by atoms with Gasteiger partial charge in [0.05, 0.1) is 11.0 Å². The minimum Gasteiger partial charge on any atom is -0.491 e. The monoisotopic (exact) mass is 398 g/mol. The number of piperidine rings is 1. The molecule has 1 aliphatic rings. The predicted octanol–water partition coefficient (Wildman–Crippen LogP) is 4.52. The zero-order valence-electron chi connectivity index (χ0n) is 16.3. The number of ether oxygens (including phenoxy) is 1. The Hall–Kier alpha value is -2.31. The number of benzene rings is 2. The number of H-pyrrole nitrogens is 1. The van der Waals surface area contributed by atoms with E-state index in [1.165, 1.54) is 10.9 Å². The maximum atomic E-state index is 13.0. The summed E-state index contributed by atoms with van der Waals surface area (Å²) in [5, 5.41) is 1.24. The fourth-order valence-electron chi connectivity index (χ4n) is 3.95. The molecule has 0 unspecified atom stereocenters. The molecule has 1 aliphatic heterocycles. The lowest BCUT2D eigenvalue weighted by molar-refractivity contribution is 0.242. The Morgan fingerprint density at radius 3 is 2.39 bits per heavy atom. The molecule has 0 radical (unpaired) electrons. The summed E-state index contributed by atoms with van der Waals surface area (Å²) < 4.78 is 33.2. The van der Waals surface area contributed by atoms with Gasteiger partial charge in [-0.25, -0.2) is 8.42 Å². The van der Waals surface area contributed by atoms with Crippen molar-refractivity contribution in [3.05, 3.63) is 60.3 Å². The third-order valence-corrected chi connectivity index (χ3v) is 7.26. The van der Waals surface area contributed by atoms with Crippen molar-refractivity contribution in [2.24, 2.45) is 0 Å². The van der Waals surface area contributed by atoms with Crippen LogP contribution in [0.15, 0.2) is 59.6 Å². The van der Waals surface area contributed by atoms with Gasteiger partial charge in [0, 0.05) is 30.2 Å². The van der Waals surface area contributed by atoms with E-state index in [-0.39, 0.29) is 6.10 Å². The fraction of sp³-hybridized carbons (Fsp3) is 0.364. The van der Waals surface area contributed by atoms with Gasteiger partial charge in [-0.1, -0.05) is 18.2 Å². The summed E-state index contributed by atoms with van der Waals surface area (Å²) in [6.45, 7) is 4.97. The molecule has 6 heteroatoms. The molecule has 0 amide bonds. The number of nitrogens with one attached hydrogen (secondary N) is 1. The first-order valence-corrected chi connectivity index (χ1v) is 11.2. The topological polar surface area (TPSA) is 62.4 Å². The highest BCUT2D eigenvalue weighted by atomic mass is 32.2. The average molecular weight is 399 g/mol. The Morgan fingerprint density at radius 1 is 1.04 bits per heavy atom. The molecule has 0 aliphatic carbocycles. The van der Waals surface area contributed by atoms with Gasteiger partial charge in [0.2, 0.25) is 10.0 Å². The van der Waals surface area contributed by atoms with Crippen LogP contribution in [0.25, 0.3) is 10.9 Å². The molecule has 0 atom stereocenters. The van der Waals surface area contributed by atoms with Crippen molar-refractivity contribution < 1.29 is 13.2 Å². The molecule has 3 aromatic rings. The lowest BCUT2D eigenvalue weighted by atomic mass is 9.90. The molecule has 5 nitrogen and oxygen atoms in total. The maximum Gasteiger partial charge on any atom is 0.243 e. The average Bonchev–Trinajstić information content (AvgIpc) is 3.12. The minimum absolute atomic E-state index is 0.0611. The number of para-hydroxylation sites is 1. The van der Waals surface area contributed by atoms with E-state index in [9.17, 15) is 8.42 Å². The zero-order valence-corrected chi connectivity index (χ0v) is 17.1. The van der Waals surface area contributed by atoms with Gasteiger partial charge in [0.1, 0.15) is 5.75 Å². The first-order valence-electron chi connectivity index (χ1n) is 9.78. The van der Waals surface area contributed by atoms with E-state index < -0.39 is 10.0 Å². The van der Waals surface area contributed by atoms with Crippen molar-refractivity contribution in [3.63, 3.8) is 0 Å². The summed E-state index contributed by atoms with van der Waals surface area (Å²) in [5.41, 5.74) is 2.43. The van der Waals surface area contributed by atoms with Crippen LogP contribution in [0.3, 0.4) is 0 Å². The number of aromatic amines is 1. The number of hydrogen-bond acceptors (Lipinski definition) is 3. The molecule has 1 aromatic heterocycles. The molecular formula is C22H26N2O3S. The van der Waals surface area contributed by atoms with Crippen LogP contribution in [0.5, 0.6) is 5.75 Å². The van der Waals surface area contributed by atoms with Gasteiger partial charge < -0.3 is 9.72 Å². The van der Waals surface area contributed by atoms with E-state index in [1.54, 1.807) is 28.6 Å². The lowest BCUT2D eigenvalue weighted by Crippen LogP contribution is -2.37. The van der Waals surface area contributed by atoms with E-state index in [0.29, 0.717) is 29.7 Å².